The molecule has 1 heteroatoms. The van der Waals surface area contributed by atoms with E-state index < -0.39 is 0 Å². The van der Waals surface area contributed by atoms with E-state index in [4.69, 9.17) is 4.74 Å². The lowest BCUT2D eigenvalue weighted by molar-refractivity contribution is -0.0265. The molecule has 0 amide bonds. The summed E-state index contributed by atoms with van der Waals surface area (Å²) >= 11 is 0. The first kappa shape index (κ1) is 5.72. The first-order valence-corrected chi connectivity index (χ1v) is 3.82. The van der Waals surface area contributed by atoms with Crippen LogP contribution in [0.1, 0.15) is 39.5 Å². The summed E-state index contributed by atoms with van der Waals surface area (Å²) in [5.41, 5.74) is 0.594. The van der Waals surface area contributed by atoms with Crippen molar-refractivity contribution in [2.24, 2.45) is 0 Å². The highest BCUT2D eigenvalue weighted by Crippen LogP contribution is 2.49. The average molecular weight is 126 g/mol. The van der Waals surface area contributed by atoms with Crippen molar-refractivity contribution in [2.75, 3.05) is 0 Å². The van der Waals surface area contributed by atoms with E-state index in [-0.39, 0.29) is 0 Å². The van der Waals surface area contributed by atoms with E-state index in [9.17, 15) is 0 Å². The Balaban J connectivity index is 1.90. The van der Waals surface area contributed by atoms with Gasteiger partial charge in [-0.05, 0) is 39.5 Å². The summed E-state index contributed by atoms with van der Waals surface area (Å²) in [6.07, 6.45) is 5.12. The van der Waals surface area contributed by atoms with E-state index in [1.165, 1.54) is 25.7 Å². The van der Waals surface area contributed by atoms with Gasteiger partial charge in [-0.2, -0.15) is 0 Å². The van der Waals surface area contributed by atoms with Gasteiger partial charge in [-0.15, -0.1) is 0 Å². The molecule has 2 saturated carbocycles. The van der Waals surface area contributed by atoms with Gasteiger partial charge in [-0.1, -0.05) is 0 Å². The van der Waals surface area contributed by atoms with Crippen LogP contribution in [0.4, 0.5) is 0 Å². The predicted molar refractivity (Wildman–Crippen MR) is 36.4 cm³/mol. The van der Waals surface area contributed by atoms with Crippen LogP contribution in [0.3, 0.4) is 0 Å². The fourth-order valence-electron chi connectivity index (χ4n) is 1.15. The summed E-state index contributed by atoms with van der Waals surface area (Å²) in [5.74, 6) is 0. The molecule has 0 aromatic rings. The second kappa shape index (κ2) is 1.34. The molecule has 0 aromatic carbocycles. The van der Waals surface area contributed by atoms with E-state index in [2.05, 4.69) is 13.8 Å². The molecule has 0 spiro atoms. The quantitative estimate of drug-likeness (QED) is 0.550. The van der Waals surface area contributed by atoms with Crippen molar-refractivity contribution < 1.29 is 4.74 Å². The van der Waals surface area contributed by atoms with Gasteiger partial charge in [0.25, 0.3) is 0 Å². The normalized spacial score (nSPS) is 34.0. The van der Waals surface area contributed by atoms with Gasteiger partial charge in [0.15, 0.2) is 0 Å². The van der Waals surface area contributed by atoms with Crippen molar-refractivity contribution in [3.63, 3.8) is 0 Å². The highest BCUT2D eigenvalue weighted by atomic mass is 16.5. The van der Waals surface area contributed by atoms with Crippen LogP contribution in [0.25, 0.3) is 0 Å². The third-order valence-corrected chi connectivity index (χ3v) is 2.40. The van der Waals surface area contributed by atoms with Gasteiger partial charge in [0.05, 0.1) is 11.2 Å². The zero-order valence-electron chi connectivity index (χ0n) is 6.24. The molecule has 0 unspecified atom stereocenters. The minimum atomic E-state index is 0.297. The van der Waals surface area contributed by atoms with Gasteiger partial charge in [0, 0.05) is 0 Å². The minimum Gasteiger partial charge on any atom is -0.369 e. The lowest BCUT2D eigenvalue weighted by atomic mass is 10.3. The SMILES string of the molecule is CC1(OC2(C)CC2)CC1. The smallest absolute Gasteiger partial charge is 0.0664 e. The molecule has 0 aromatic heterocycles. The molecule has 2 fully saturated rings. The Labute approximate surface area is 56.4 Å². The lowest BCUT2D eigenvalue weighted by Gasteiger charge is -2.16. The monoisotopic (exact) mass is 126 g/mol. The summed E-state index contributed by atoms with van der Waals surface area (Å²) in [7, 11) is 0. The molecule has 2 aliphatic rings. The Morgan fingerprint density at radius 2 is 1.22 bits per heavy atom. The van der Waals surface area contributed by atoms with Crippen LogP contribution in [-0.2, 0) is 4.74 Å². The molecule has 0 saturated heterocycles. The van der Waals surface area contributed by atoms with E-state index >= 15 is 0 Å². The zero-order valence-corrected chi connectivity index (χ0v) is 6.24. The number of hydrogen-bond donors (Lipinski definition) is 0. The average Bonchev–Trinajstić information content (AvgIpc) is 2.55. The Bertz CT molecular complexity index is 116. The molecule has 0 bridgehead atoms. The summed E-state index contributed by atoms with van der Waals surface area (Å²) in [4.78, 5) is 0. The molecular weight excluding hydrogens is 112 g/mol. The molecule has 52 valence electrons. The molecule has 0 N–H and O–H groups in total. The van der Waals surface area contributed by atoms with Crippen molar-refractivity contribution >= 4 is 0 Å². The maximum absolute atomic E-state index is 5.85. The van der Waals surface area contributed by atoms with Gasteiger partial charge in [0.2, 0.25) is 0 Å². The van der Waals surface area contributed by atoms with Gasteiger partial charge in [-0.3, -0.25) is 0 Å². The Hall–Kier alpha value is -0.0400. The van der Waals surface area contributed by atoms with Crippen LogP contribution in [0.2, 0.25) is 0 Å². The molecule has 0 aliphatic heterocycles. The first-order chi connectivity index (χ1) is 4.12. The van der Waals surface area contributed by atoms with Crippen molar-refractivity contribution in [2.45, 2.75) is 50.7 Å². The van der Waals surface area contributed by atoms with Gasteiger partial charge < -0.3 is 4.74 Å². The first-order valence-electron chi connectivity index (χ1n) is 3.82. The summed E-state index contributed by atoms with van der Waals surface area (Å²) < 4.78 is 5.85. The highest BCUT2D eigenvalue weighted by Gasteiger charge is 2.49. The van der Waals surface area contributed by atoms with Crippen molar-refractivity contribution in [1.29, 1.82) is 0 Å². The van der Waals surface area contributed by atoms with E-state index in [0.29, 0.717) is 11.2 Å². The van der Waals surface area contributed by atoms with Crippen LogP contribution < -0.4 is 0 Å². The van der Waals surface area contributed by atoms with Crippen molar-refractivity contribution in [1.82, 2.24) is 0 Å². The fourth-order valence-corrected chi connectivity index (χ4v) is 1.15. The number of hydrogen-bond acceptors (Lipinski definition) is 1. The predicted octanol–water partition coefficient (Wildman–Crippen LogP) is 2.11. The second-order valence-electron chi connectivity index (χ2n) is 4.00. The Morgan fingerprint density at radius 3 is 1.44 bits per heavy atom. The molecule has 0 atom stereocenters. The third-order valence-electron chi connectivity index (χ3n) is 2.40. The van der Waals surface area contributed by atoms with Gasteiger partial charge >= 0.3 is 0 Å². The second-order valence-corrected chi connectivity index (χ2v) is 4.00. The summed E-state index contributed by atoms with van der Waals surface area (Å²) in [6, 6.07) is 0. The minimum absolute atomic E-state index is 0.297. The lowest BCUT2D eigenvalue weighted by Crippen LogP contribution is -2.18. The Kier molecular flexibility index (Phi) is 0.852. The topological polar surface area (TPSA) is 9.23 Å². The molecule has 2 rings (SSSR count). The van der Waals surface area contributed by atoms with E-state index in [0.717, 1.165) is 0 Å². The third kappa shape index (κ3) is 1.11. The van der Waals surface area contributed by atoms with Crippen LogP contribution >= 0.6 is 0 Å². The molecule has 0 radical (unpaired) electrons. The largest absolute Gasteiger partial charge is 0.369 e. The molecule has 2 aliphatic carbocycles. The van der Waals surface area contributed by atoms with E-state index in [1.54, 1.807) is 0 Å². The van der Waals surface area contributed by atoms with E-state index in [1.807, 2.05) is 0 Å². The standard InChI is InChI=1S/C8H14O/c1-7(3-4-7)9-8(2)5-6-8/h3-6H2,1-2H3. The molecule has 1 nitrogen and oxygen atoms in total. The summed E-state index contributed by atoms with van der Waals surface area (Å²) in [5, 5.41) is 0. The Morgan fingerprint density at radius 1 is 0.889 bits per heavy atom. The van der Waals surface area contributed by atoms with Crippen LogP contribution in [-0.4, -0.2) is 11.2 Å². The fraction of sp³-hybridized carbons (Fsp3) is 1.00. The molecule has 9 heavy (non-hydrogen) atoms. The number of ether oxygens (including phenoxy) is 1. The zero-order chi connectivity index (χ0) is 6.54. The maximum atomic E-state index is 5.85. The van der Waals surface area contributed by atoms with Crippen LogP contribution in [0.5, 0.6) is 0 Å². The van der Waals surface area contributed by atoms with Crippen molar-refractivity contribution in [3.8, 4) is 0 Å². The van der Waals surface area contributed by atoms with Crippen LogP contribution in [0.15, 0.2) is 0 Å². The molecule has 0 heterocycles. The summed E-state index contributed by atoms with van der Waals surface area (Å²) in [6.45, 7) is 4.44. The van der Waals surface area contributed by atoms with Gasteiger partial charge in [-0.25, -0.2) is 0 Å². The number of rotatable bonds is 2. The van der Waals surface area contributed by atoms with Gasteiger partial charge in [0.1, 0.15) is 0 Å². The van der Waals surface area contributed by atoms with Crippen LogP contribution in [0, 0.1) is 0 Å². The maximum Gasteiger partial charge on any atom is 0.0664 e. The molecular formula is C8H14O. The highest BCUT2D eigenvalue weighted by molar-refractivity contribution is 4.99. The van der Waals surface area contributed by atoms with Crippen molar-refractivity contribution in [3.05, 3.63) is 0 Å².